The molecule has 0 heterocycles. The van der Waals surface area contributed by atoms with E-state index in [0.29, 0.717) is 5.92 Å². The van der Waals surface area contributed by atoms with E-state index < -0.39 is 0 Å². The smallest absolute Gasteiger partial charge is 0.0465 e. The maximum atomic E-state index is 9.61. The van der Waals surface area contributed by atoms with Gasteiger partial charge in [0.2, 0.25) is 0 Å². The van der Waals surface area contributed by atoms with Crippen molar-refractivity contribution in [1.82, 2.24) is 0 Å². The molecule has 2 rings (SSSR count). The van der Waals surface area contributed by atoms with Gasteiger partial charge in [0.25, 0.3) is 0 Å². The number of aryl methyl sites for hydroxylation is 2. The van der Waals surface area contributed by atoms with Crippen molar-refractivity contribution in [3.05, 3.63) is 70.8 Å². The number of aliphatic hydroxyl groups is 1. The SMILES string of the molecule is Cc1cccc(CC(CO)Cc2ccccc2C)c1. The molecule has 1 N–H and O–H groups in total. The first-order chi connectivity index (χ1) is 9.19. The van der Waals surface area contributed by atoms with Gasteiger partial charge in [-0.1, -0.05) is 54.1 Å². The zero-order valence-corrected chi connectivity index (χ0v) is 11.8. The van der Waals surface area contributed by atoms with Crippen molar-refractivity contribution in [2.75, 3.05) is 6.61 Å². The summed E-state index contributed by atoms with van der Waals surface area (Å²) in [4.78, 5) is 0. The second-order valence-corrected chi connectivity index (χ2v) is 5.37. The van der Waals surface area contributed by atoms with E-state index >= 15 is 0 Å². The monoisotopic (exact) mass is 254 g/mol. The topological polar surface area (TPSA) is 20.2 Å². The van der Waals surface area contributed by atoms with Crippen LogP contribution in [0.15, 0.2) is 48.5 Å². The molecule has 0 saturated heterocycles. The van der Waals surface area contributed by atoms with E-state index in [0.717, 1.165) is 12.8 Å². The van der Waals surface area contributed by atoms with Crippen LogP contribution in [-0.2, 0) is 12.8 Å². The van der Waals surface area contributed by atoms with Crippen molar-refractivity contribution in [2.24, 2.45) is 5.92 Å². The lowest BCUT2D eigenvalue weighted by atomic mass is 9.91. The minimum atomic E-state index is 0.238. The predicted octanol–water partition coefficient (Wildman–Crippen LogP) is 3.70. The van der Waals surface area contributed by atoms with Gasteiger partial charge in [-0.05, 0) is 49.3 Å². The molecular weight excluding hydrogens is 232 g/mol. The van der Waals surface area contributed by atoms with Crippen molar-refractivity contribution in [1.29, 1.82) is 0 Å². The molecular formula is C18H22O. The van der Waals surface area contributed by atoms with Crippen LogP contribution in [0, 0.1) is 19.8 Å². The Morgan fingerprint density at radius 2 is 1.74 bits per heavy atom. The summed E-state index contributed by atoms with van der Waals surface area (Å²) in [5, 5.41) is 9.61. The highest BCUT2D eigenvalue weighted by Crippen LogP contribution is 2.17. The van der Waals surface area contributed by atoms with Gasteiger partial charge in [-0.15, -0.1) is 0 Å². The summed E-state index contributed by atoms with van der Waals surface area (Å²) in [5.74, 6) is 0.294. The Morgan fingerprint density at radius 1 is 0.947 bits per heavy atom. The van der Waals surface area contributed by atoms with Gasteiger partial charge in [-0.2, -0.15) is 0 Å². The first-order valence-corrected chi connectivity index (χ1v) is 6.90. The third-order valence-corrected chi connectivity index (χ3v) is 3.63. The molecule has 2 aromatic rings. The summed E-state index contributed by atoms with van der Waals surface area (Å²) >= 11 is 0. The summed E-state index contributed by atoms with van der Waals surface area (Å²) in [6.07, 6.45) is 1.88. The second-order valence-electron chi connectivity index (χ2n) is 5.37. The molecule has 1 nitrogen and oxygen atoms in total. The van der Waals surface area contributed by atoms with Crippen molar-refractivity contribution < 1.29 is 5.11 Å². The number of benzene rings is 2. The molecule has 0 amide bonds. The van der Waals surface area contributed by atoms with Gasteiger partial charge in [-0.3, -0.25) is 0 Å². The fourth-order valence-electron chi connectivity index (χ4n) is 2.52. The number of aliphatic hydroxyl groups excluding tert-OH is 1. The third-order valence-electron chi connectivity index (χ3n) is 3.63. The van der Waals surface area contributed by atoms with Crippen molar-refractivity contribution >= 4 is 0 Å². The lowest BCUT2D eigenvalue weighted by Gasteiger charge is -2.16. The molecule has 0 aliphatic carbocycles. The molecule has 0 bridgehead atoms. The average Bonchev–Trinajstić information content (AvgIpc) is 2.40. The van der Waals surface area contributed by atoms with E-state index in [1.54, 1.807) is 0 Å². The molecule has 100 valence electrons. The minimum absolute atomic E-state index is 0.238. The zero-order valence-electron chi connectivity index (χ0n) is 11.8. The lowest BCUT2D eigenvalue weighted by Crippen LogP contribution is -2.13. The van der Waals surface area contributed by atoms with E-state index in [1.807, 2.05) is 0 Å². The molecule has 0 aromatic heterocycles. The van der Waals surface area contributed by atoms with E-state index in [4.69, 9.17) is 0 Å². The van der Waals surface area contributed by atoms with Crippen LogP contribution in [0.5, 0.6) is 0 Å². The fraction of sp³-hybridized carbons (Fsp3) is 0.333. The van der Waals surface area contributed by atoms with Crippen molar-refractivity contribution in [2.45, 2.75) is 26.7 Å². The Bertz CT molecular complexity index is 531. The van der Waals surface area contributed by atoms with Gasteiger partial charge in [0.15, 0.2) is 0 Å². The molecule has 0 aliphatic rings. The van der Waals surface area contributed by atoms with E-state index in [1.165, 1.54) is 22.3 Å². The zero-order chi connectivity index (χ0) is 13.7. The average molecular weight is 254 g/mol. The summed E-state index contributed by atoms with van der Waals surface area (Å²) < 4.78 is 0. The first-order valence-electron chi connectivity index (χ1n) is 6.90. The number of rotatable bonds is 5. The molecule has 1 heteroatoms. The standard InChI is InChI=1S/C18H22O/c1-14-6-5-8-16(10-14)11-17(13-19)12-18-9-4-3-7-15(18)2/h3-10,17,19H,11-13H2,1-2H3. The largest absolute Gasteiger partial charge is 0.396 e. The molecule has 1 unspecified atom stereocenters. The summed E-state index contributed by atoms with van der Waals surface area (Å²) in [6.45, 7) is 4.48. The Balaban J connectivity index is 2.07. The molecule has 0 aliphatic heterocycles. The van der Waals surface area contributed by atoms with Crippen molar-refractivity contribution in [3.8, 4) is 0 Å². The molecule has 0 spiro atoms. The molecule has 2 aromatic carbocycles. The highest BCUT2D eigenvalue weighted by atomic mass is 16.3. The van der Waals surface area contributed by atoms with Gasteiger partial charge in [0.1, 0.15) is 0 Å². The van der Waals surface area contributed by atoms with Gasteiger partial charge in [0.05, 0.1) is 0 Å². The Labute approximate surface area is 115 Å². The van der Waals surface area contributed by atoms with Crippen LogP contribution in [0.3, 0.4) is 0 Å². The highest BCUT2D eigenvalue weighted by Gasteiger charge is 2.11. The van der Waals surface area contributed by atoms with Crippen LogP contribution >= 0.6 is 0 Å². The van der Waals surface area contributed by atoms with E-state index in [2.05, 4.69) is 62.4 Å². The van der Waals surface area contributed by atoms with Crippen LogP contribution in [-0.4, -0.2) is 11.7 Å². The Hall–Kier alpha value is -1.60. The normalized spacial score (nSPS) is 12.4. The minimum Gasteiger partial charge on any atom is -0.396 e. The van der Waals surface area contributed by atoms with Gasteiger partial charge in [0, 0.05) is 6.61 Å². The maximum Gasteiger partial charge on any atom is 0.0465 e. The third kappa shape index (κ3) is 3.93. The fourth-order valence-corrected chi connectivity index (χ4v) is 2.52. The molecule has 0 saturated carbocycles. The first kappa shape index (κ1) is 13.8. The second kappa shape index (κ2) is 6.53. The lowest BCUT2D eigenvalue weighted by molar-refractivity contribution is 0.225. The Kier molecular flexibility index (Phi) is 4.75. The molecule has 0 fully saturated rings. The quantitative estimate of drug-likeness (QED) is 0.862. The Morgan fingerprint density at radius 3 is 2.42 bits per heavy atom. The van der Waals surface area contributed by atoms with Gasteiger partial charge in [-0.25, -0.2) is 0 Å². The molecule has 0 radical (unpaired) electrons. The van der Waals surface area contributed by atoms with Crippen molar-refractivity contribution in [3.63, 3.8) is 0 Å². The van der Waals surface area contributed by atoms with Gasteiger partial charge < -0.3 is 5.11 Å². The maximum absolute atomic E-state index is 9.61. The number of hydrogen-bond donors (Lipinski definition) is 1. The number of hydrogen-bond acceptors (Lipinski definition) is 1. The van der Waals surface area contributed by atoms with Crippen LogP contribution < -0.4 is 0 Å². The van der Waals surface area contributed by atoms with E-state index in [-0.39, 0.29) is 6.61 Å². The van der Waals surface area contributed by atoms with Crippen LogP contribution in [0.25, 0.3) is 0 Å². The summed E-state index contributed by atoms with van der Waals surface area (Å²) in [6, 6.07) is 17.0. The summed E-state index contributed by atoms with van der Waals surface area (Å²) in [7, 11) is 0. The van der Waals surface area contributed by atoms with Gasteiger partial charge >= 0.3 is 0 Å². The van der Waals surface area contributed by atoms with E-state index in [9.17, 15) is 5.11 Å². The van der Waals surface area contributed by atoms with Crippen LogP contribution in [0.4, 0.5) is 0 Å². The van der Waals surface area contributed by atoms with Crippen LogP contribution in [0.1, 0.15) is 22.3 Å². The van der Waals surface area contributed by atoms with Crippen LogP contribution in [0.2, 0.25) is 0 Å². The summed E-state index contributed by atoms with van der Waals surface area (Å²) in [5.41, 5.74) is 5.25. The predicted molar refractivity (Wildman–Crippen MR) is 80.3 cm³/mol. The molecule has 1 atom stereocenters. The highest BCUT2D eigenvalue weighted by molar-refractivity contribution is 5.27. The molecule has 19 heavy (non-hydrogen) atoms.